The molecule has 0 atom stereocenters. The molecule has 0 aliphatic carbocycles. The smallest absolute Gasteiger partial charge is 0.129 e. The molecule has 0 unspecified atom stereocenters. The van der Waals surface area contributed by atoms with Crippen LogP contribution < -0.4 is 37.2 Å². The van der Waals surface area contributed by atoms with E-state index >= 15 is 0 Å². The Morgan fingerprint density at radius 1 is 0.712 bits per heavy atom. The maximum absolute atomic E-state index is 6.19. The molecule has 0 spiro atoms. The van der Waals surface area contributed by atoms with Crippen molar-refractivity contribution in [1.29, 1.82) is 0 Å². The number of rotatable bonds is 8. The number of benzene rings is 2. The Morgan fingerprint density at radius 2 is 1.20 bits per heavy atom. The molecule has 2 saturated heterocycles. The van der Waals surface area contributed by atoms with Crippen LogP contribution in [0.1, 0.15) is 74.5 Å². The Balaban J connectivity index is 0.000000288. The molecular formula is C45H73ClN10O2S. The second kappa shape index (κ2) is 28.6. The molecule has 7 N–H and O–H groups in total. The molecule has 2 fully saturated rings. The van der Waals surface area contributed by atoms with Gasteiger partial charge in [0.05, 0.1) is 18.0 Å². The summed E-state index contributed by atoms with van der Waals surface area (Å²) < 4.78 is 5.26. The van der Waals surface area contributed by atoms with Crippen LogP contribution in [0, 0.1) is 6.92 Å². The minimum Gasteiger partial charge on any atom is -0.469 e. The normalized spacial score (nSPS) is 18.5. The number of hydrogen-bond donors (Lipinski definition) is 7. The van der Waals surface area contributed by atoms with Gasteiger partial charge >= 0.3 is 0 Å². The number of anilines is 1. The third-order valence-corrected chi connectivity index (χ3v) is 10.6. The molecular weight excluding hydrogens is 780 g/mol. The van der Waals surface area contributed by atoms with Gasteiger partial charge in [0.15, 0.2) is 0 Å². The maximum atomic E-state index is 6.19. The van der Waals surface area contributed by atoms with Crippen LogP contribution in [0.15, 0.2) is 64.4 Å². The van der Waals surface area contributed by atoms with Crippen LogP contribution in [0.4, 0.5) is 5.69 Å². The van der Waals surface area contributed by atoms with Crippen molar-refractivity contribution >= 4 is 40.7 Å². The van der Waals surface area contributed by atoms with Crippen molar-refractivity contribution in [2.75, 3.05) is 110 Å². The van der Waals surface area contributed by atoms with Gasteiger partial charge in [-0.15, -0.1) is 0 Å². The van der Waals surface area contributed by atoms with Crippen molar-refractivity contribution in [3.63, 3.8) is 0 Å². The van der Waals surface area contributed by atoms with E-state index in [9.17, 15) is 0 Å². The van der Waals surface area contributed by atoms with E-state index in [1.807, 2.05) is 45.9 Å². The van der Waals surface area contributed by atoms with Crippen LogP contribution in [-0.2, 0) is 17.9 Å². The van der Waals surface area contributed by atoms with Crippen molar-refractivity contribution in [1.82, 2.24) is 41.7 Å². The minimum absolute atomic E-state index is 0.348. The zero-order valence-electron chi connectivity index (χ0n) is 36.3. The summed E-state index contributed by atoms with van der Waals surface area (Å²) in [5.74, 6) is 0.775. The SMILES string of the molecule is Cc1occc1C(=S)Nc1ccc(Cl)c(/C=N/OC(C)(C)C)c1.c1cc(CN2CCCNCCNCCCNCC2)ccc1CN1CCCNCCNCCCNCC1. The van der Waals surface area contributed by atoms with E-state index in [0.717, 1.165) is 140 Å². The van der Waals surface area contributed by atoms with Crippen LogP contribution in [0.2, 0.25) is 5.02 Å². The number of nitrogens with one attached hydrogen (secondary N) is 7. The fraction of sp³-hybridized carbons (Fsp3) is 0.600. The molecule has 14 heteroatoms. The standard InChI is InChI=1S/C28H54N8.C17H19ClN2O2S/c1-9-29-15-17-31-13-3-21-35(23-19-33-11-1)25-27-5-7-28(8-6-27)26-36-22-4-14-32-18-16-30-10-2-12-34-20-24-36;1-11-14(7-8-21-11)16(23)20-13-5-6-15(18)12(9-13)10-19-22-17(2,3)4/h5-8,29-34H,1-4,9-26H2;5-10H,1-4H3,(H,20,23)/b;19-10+. The monoisotopic (exact) mass is 853 g/mol. The van der Waals surface area contributed by atoms with E-state index < -0.39 is 0 Å². The van der Waals surface area contributed by atoms with E-state index in [2.05, 4.69) is 76.4 Å². The van der Waals surface area contributed by atoms with E-state index in [0.29, 0.717) is 10.0 Å². The molecule has 2 aliphatic heterocycles. The van der Waals surface area contributed by atoms with Crippen molar-refractivity contribution in [3.05, 3.63) is 87.8 Å². The van der Waals surface area contributed by atoms with Gasteiger partial charge in [0.25, 0.3) is 0 Å². The average Bonchev–Trinajstić information content (AvgIpc) is 3.65. The van der Waals surface area contributed by atoms with Crippen LogP contribution >= 0.6 is 23.8 Å². The van der Waals surface area contributed by atoms with Gasteiger partial charge in [0.1, 0.15) is 16.3 Å². The largest absolute Gasteiger partial charge is 0.469 e. The zero-order valence-corrected chi connectivity index (χ0v) is 37.8. The van der Waals surface area contributed by atoms with Crippen molar-refractivity contribution in [2.24, 2.45) is 5.16 Å². The number of hydrogen-bond acceptors (Lipinski definition) is 12. The fourth-order valence-electron chi connectivity index (χ4n) is 6.70. The quantitative estimate of drug-likeness (QED) is 0.0869. The highest BCUT2D eigenvalue weighted by atomic mass is 35.5. The molecule has 3 aromatic rings. The molecule has 2 aromatic carbocycles. The van der Waals surface area contributed by atoms with E-state index in [4.69, 9.17) is 33.1 Å². The first-order valence-electron chi connectivity index (χ1n) is 21.8. The number of halogens is 1. The van der Waals surface area contributed by atoms with Gasteiger partial charge in [-0.05, 0) is 141 Å². The van der Waals surface area contributed by atoms with Gasteiger partial charge in [-0.2, -0.15) is 0 Å². The van der Waals surface area contributed by atoms with E-state index in [1.54, 1.807) is 18.5 Å². The van der Waals surface area contributed by atoms with Gasteiger partial charge in [0, 0.05) is 81.7 Å². The highest BCUT2D eigenvalue weighted by Crippen LogP contribution is 2.21. The summed E-state index contributed by atoms with van der Waals surface area (Å²) in [6.45, 7) is 27.3. The van der Waals surface area contributed by atoms with Crippen molar-refractivity contribution in [3.8, 4) is 0 Å². The molecule has 0 saturated carbocycles. The first-order chi connectivity index (χ1) is 28.7. The van der Waals surface area contributed by atoms with E-state index in [1.165, 1.54) is 36.8 Å². The second-order valence-corrected chi connectivity index (χ2v) is 17.1. The summed E-state index contributed by atoms with van der Waals surface area (Å²) in [7, 11) is 0. The summed E-state index contributed by atoms with van der Waals surface area (Å²) in [5, 5.41) is 29.1. The van der Waals surface area contributed by atoms with Crippen LogP contribution in [-0.4, -0.2) is 131 Å². The number of oxime groups is 1. The Kier molecular flexibility index (Phi) is 23.6. The molecule has 0 amide bonds. The van der Waals surface area contributed by atoms with Gasteiger partial charge in [-0.25, -0.2) is 0 Å². The topological polar surface area (TPSA) is 125 Å². The molecule has 0 bridgehead atoms. The van der Waals surface area contributed by atoms with Gasteiger partial charge in [-0.1, -0.05) is 53.2 Å². The van der Waals surface area contributed by atoms with Crippen LogP contribution in [0.25, 0.3) is 0 Å². The molecule has 0 radical (unpaired) electrons. The highest BCUT2D eigenvalue weighted by molar-refractivity contribution is 7.81. The lowest BCUT2D eigenvalue weighted by Crippen LogP contribution is -2.36. The summed E-state index contributed by atoms with van der Waals surface area (Å²) in [4.78, 5) is 11.2. The van der Waals surface area contributed by atoms with Crippen molar-refractivity contribution < 1.29 is 9.25 Å². The first-order valence-corrected chi connectivity index (χ1v) is 22.6. The van der Waals surface area contributed by atoms with Gasteiger partial charge < -0.3 is 46.5 Å². The van der Waals surface area contributed by atoms with Gasteiger partial charge in [0.2, 0.25) is 0 Å². The molecule has 5 rings (SSSR count). The van der Waals surface area contributed by atoms with Crippen LogP contribution in [0.3, 0.4) is 0 Å². The van der Waals surface area contributed by atoms with Crippen LogP contribution in [0.5, 0.6) is 0 Å². The molecule has 59 heavy (non-hydrogen) atoms. The number of thiocarbonyl (C=S) groups is 1. The fourth-order valence-corrected chi connectivity index (χ4v) is 7.19. The number of aryl methyl sites for hydroxylation is 1. The average molecular weight is 854 g/mol. The summed E-state index contributed by atoms with van der Waals surface area (Å²) in [5.41, 5.74) is 4.93. The lowest BCUT2D eigenvalue weighted by molar-refractivity contribution is 0.00199. The molecule has 12 nitrogen and oxygen atoms in total. The molecule has 1 aromatic heterocycles. The summed E-state index contributed by atoms with van der Waals surface area (Å²) in [6.07, 6.45) is 8.00. The third-order valence-electron chi connectivity index (χ3n) is 9.95. The molecule has 3 heterocycles. The predicted molar refractivity (Wildman–Crippen MR) is 251 cm³/mol. The van der Waals surface area contributed by atoms with Crippen molar-refractivity contribution in [2.45, 2.75) is 72.1 Å². The lowest BCUT2D eigenvalue weighted by Gasteiger charge is -2.24. The highest BCUT2D eigenvalue weighted by Gasteiger charge is 2.12. The predicted octanol–water partition coefficient (Wildman–Crippen LogP) is 5.59. The second-order valence-electron chi connectivity index (χ2n) is 16.3. The lowest BCUT2D eigenvalue weighted by atomic mass is 10.1. The summed E-state index contributed by atoms with van der Waals surface area (Å²) >= 11 is 11.6. The Labute approximate surface area is 365 Å². The first kappa shape index (κ1) is 48.7. The van der Waals surface area contributed by atoms with Gasteiger partial charge in [-0.3, -0.25) is 9.80 Å². The Hall–Kier alpha value is -2.95. The Morgan fingerprint density at radius 3 is 1.68 bits per heavy atom. The number of furan rings is 1. The third kappa shape index (κ3) is 21.4. The molecule has 2 aliphatic rings. The summed E-state index contributed by atoms with van der Waals surface area (Å²) in [6, 6.07) is 16.8. The Bertz CT molecular complexity index is 1530. The maximum Gasteiger partial charge on any atom is 0.129 e. The van der Waals surface area contributed by atoms with E-state index in [-0.39, 0.29) is 5.60 Å². The zero-order chi connectivity index (χ0) is 42.0. The molecule has 328 valence electrons. The number of nitrogens with zero attached hydrogens (tertiary/aromatic N) is 3. The minimum atomic E-state index is -0.348.